The first-order valence-corrected chi connectivity index (χ1v) is 9.14. The lowest BCUT2D eigenvalue weighted by Gasteiger charge is -2.13. The van der Waals surface area contributed by atoms with Gasteiger partial charge in [0.2, 0.25) is 10.0 Å². The second-order valence-electron chi connectivity index (χ2n) is 4.84. The number of hydrogen-bond donors (Lipinski definition) is 1. The minimum atomic E-state index is -3.48. The summed E-state index contributed by atoms with van der Waals surface area (Å²) in [7, 11) is -3.48. The molecule has 1 aliphatic heterocycles. The topological polar surface area (TPSA) is 59.1 Å². The number of aryl methyl sites for hydroxylation is 1. The van der Waals surface area contributed by atoms with Crippen LogP contribution in [0.1, 0.15) is 11.1 Å². The number of thioether (sulfide) groups is 1. The van der Waals surface area contributed by atoms with Gasteiger partial charge in [-0.15, -0.1) is 11.8 Å². The summed E-state index contributed by atoms with van der Waals surface area (Å²) in [6.45, 7) is 1.96. The number of halogens is 1. The fourth-order valence-corrected chi connectivity index (χ4v) is 5.35. The number of nitrogens with one attached hydrogen (secondary N) is 1. The summed E-state index contributed by atoms with van der Waals surface area (Å²) in [5.74, 6) is 0. The van der Waals surface area contributed by atoms with E-state index < -0.39 is 14.6 Å². The van der Waals surface area contributed by atoms with Crippen LogP contribution in [-0.2, 0) is 16.4 Å². The molecule has 21 heavy (non-hydrogen) atoms. The van der Waals surface area contributed by atoms with Crippen LogP contribution in [-0.4, -0.2) is 18.0 Å². The van der Waals surface area contributed by atoms with E-state index in [2.05, 4.69) is 9.71 Å². The highest BCUT2D eigenvalue weighted by molar-refractivity contribution is 8.14. The number of aromatic nitrogens is 1. The third-order valence-electron chi connectivity index (χ3n) is 3.25. The van der Waals surface area contributed by atoms with E-state index in [4.69, 9.17) is 11.6 Å². The van der Waals surface area contributed by atoms with Crippen molar-refractivity contribution in [2.24, 2.45) is 0 Å². The highest BCUT2D eigenvalue weighted by atomic mass is 35.5. The lowest BCUT2D eigenvalue weighted by molar-refractivity contribution is 0.598. The second kappa shape index (κ2) is 5.51. The Balaban J connectivity index is 1.81. The predicted octanol–water partition coefficient (Wildman–Crippen LogP) is 3.46. The molecule has 1 atom stereocenters. The fourth-order valence-electron chi connectivity index (χ4n) is 2.12. The third-order valence-corrected chi connectivity index (χ3v) is 7.07. The van der Waals surface area contributed by atoms with Gasteiger partial charge in [0.1, 0.15) is 9.74 Å². The second-order valence-corrected chi connectivity index (χ2v) is 8.61. The van der Waals surface area contributed by atoms with E-state index in [1.54, 1.807) is 24.4 Å². The first-order chi connectivity index (χ1) is 9.95. The van der Waals surface area contributed by atoms with E-state index in [0.717, 1.165) is 16.0 Å². The molecule has 110 valence electrons. The summed E-state index contributed by atoms with van der Waals surface area (Å²) in [6.07, 6.45) is 1.96. The Morgan fingerprint density at radius 2 is 2.00 bits per heavy atom. The van der Waals surface area contributed by atoms with E-state index in [9.17, 15) is 8.42 Å². The van der Waals surface area contributed by atoms with E-state index >= 15 is 0 Å². The molecule has 1 aromatic carbocycles. The van der Waals surface area contributed by atoms with Crippen LogP contribution in [0.2, 0.25) is 5.15 Å². The van der Waals surface area contributed by atoms with Crippen molar-refractivity contribution >= 4 is 39.1 Å². The van der Waals surface area contributed by atoms with Crippen LogP contribution < -0.4 is 4.72 Å². The molecule has 1 aliphatic rings. The van der Waals surface area contributed by atoms with Gasteiger partial charge in [0, 0.05) is 28.8 Å². The minimum absolute atomic E-state index is 0.369. The molecule has 1 unspecified atom stereocenters. The van der Waals surface area contributed by atoms with E-state index in [1.165, 1.54) is 11.8 Å². The van der Waals surface area contributed by atoms with Crippen LogP contribution in [0.4, 0.5) is 5.69 Å². The van der Waals surface area contributed by atoms with Crippen molar-refractivity contribution < 1.29 is 8.42 Å². The molecule has 2 heterocycles. The van der Waals surface area contributed by atoms with Crippen molar-refractivity contribution in [1.29, 1.82) is 0 Å². The molecule has 3 rings (SSSR count). The lowest BCUT2D eigenvalue weighted by atomic mass is 10.2. The summed E-state index contributed by atoms with van der Waals surface area (Å²) >= 11 is 7.33. The van der Waals surface area contributed by atoms with E-state index in [0.29, 0.717) is 17.3 Å². The number of fused-ring (bicyclic) bond motifs is 1. The quantitative estimate of drug-likeness (QED) is 0.869. The van der Waals surface area contributed by atoms with Crippen molar-refractivity contribution in [3.63, 3.8) is 0 Å². The van der Waals surface area contributed by atoms with Crippen molar-refractivity contribution in [1.82, 2.24) is 4.98 Å². The summed E-state index contributed by atoms with van der Waals surface area (Å²) in [6, 6.07) is 9.06. The molecule has 0 fully saturated rings. The van der Waals surface area contributed by atoms with Gasteiger partial charge in [-0.2, -0.15) is 0 Å². The zero-order valence-electron chi connectivity index (χ0n) is 11.2. The third kappa shape index (κ3) is 3.02. The van der Waals surface area contributed by atoms with Crippen LogP contribution >= 0.6 is 23.4 Å². The van der Waals surface area contributed by atoms with Gasteiger partial charge in [0.15, 0.2) is 0 Å². The number of sulfonamides is 1. The van der Waals surface area contributed by atoms with Gasteiger partial charge in [-0.1, -0.05) is 29.3 Å². The monoisotopic (exact) mass is 340 g/mol. The summed E-state index contributed by atoms with van der Waals surface area (Å²) < 4.78 is 27.0. The summed E-state index contributed by atoms with van der Waals surface area (Å²) in [4.78, 5) is 4.88. The van der Waals surface area contributed by atoms with Gasteiger partial charge in [0.25, 0.3) is 0 Å². The molecule has 0 bridgehead atoms. The number of rotatable bonds is 3. The molecular formula is C14H13ClN2O2S2. The molecular weight excluding hydrogens is 328 g/mol. The molecule has 0 spiro atoms. The predicted molar refractivity (Wildman–Crippen MR) is 86.3 cm³/mol. The molecule has 1 aromatic heterocycles. The molecule has 0 radical (unpaired) electrons. The average molecular weight is 341 g/mol. The molecule has 1 N–H and O–H groups in total. The molecule has 0 amide bonds. The molecule has 0 saturated heterocycles. The first kappa shape index (κ1) is 14.7. The van der Waals surface area contributed by atoms with Gasteiger partial charge < -0.3 is 0 Å². The Hall–Kier alpha value is -1.24. The Morgan fingerprint density at radius 3 is 2.67 bits per heavy atom. The molecule has 0 aliphatic carbocycles. The Kier molecular flexibility index (Phi) is 3.86. The van der Waals surface area contributed by atoms with Crippen LogP contribution in [0.5, 0.6) is 0 Å². The van der Waals surface area contributed by atoms with Crippen molar-refractivity contribution in [2.45, 2.75) is 22.8 Å². The van der Waals surface area contributed by atoms with Crippen LogP contribution in [0, 0.1) is 6.92 Å². The SMILES string of the molecule is Cc1ccc(NS(=O)(=O)C2Cc3c(ccnc3Cl)S2)cc1. The molecule has 2 aromatic rings. The van der Waals surface area contributed by atoms with Gasteiger partial charge in [0.05, 0.1) is 0 Å². The standard InChI is InChI=1S/C14H13ClN2O2S2/c1-9-2-4-10(5-3-9)17-21(18,19)13-8-11-12(20-13)6-7-16-14(11)15/h2-7,13,17H,8H2,1H3. The van der Waals surface area contributed by atoms with Crippen molar-refractivity contribution in [2.75, 3.05) is 4.72 Å². The zero-order chi connectivity index (χ0) is 15.0. The van der Waals surface area contributed by atoms with Gasteiger partial charge in [-0.05, 0) is 25.1 Å². The largest absolute Gasteiger partial charge is 0.283 e. The smallest absolute Gasteiger partial charge is 0.245 e. The van der Waals surface area contributed by atoms with E-state index in [1.807, 2.05) is 19.1 Å². The van der Waals surface area contributed by atoms with Crippen molar-refractivity contribution in [3.05, 3.63) is 52.8 Å². The van der Waals surface area contributed by atoms with Crippen LogP contribution in [0.3, 0.4) is 0 Å². The fraction of sp³-hybridized carbons (Fsp3) is 0.214. The molecule has 0 saturated carbocycles. The zero-order valence-corrected chi connectivity index (χ0v) is 13.6. The normalized spacial score (nSPS) is 17.5. The van der Waals surface area contributed by atoms with Crippen molar-refractivity contribution in [3.8, 4) is 0 Å². The number of benzene rings is 1. The van der Waals surface area contributed by atoms with Gasteiger partial charge in [-0.3, -0.25) is 4.72 Å². The number of nitrogens with zero attached hydrogens (tertiary/aromatic N) is 1. The maximum Gasteiger partial charge on any atom is 0.245 e. The Labute approximate surface area is 133 Å². The summed E-state index contributed by atoms with van der Waals surface area (Å²) in [5, 5.41) is 0.382. The highest BCUT2D eigenvalue weighted by Crippen LogP contribution is 2.42. The summed E-state index contributed by atoms with van der Waals surface area (Å²) in [5.41, 5.74) is 2.46. The molecule has 4 nitrogen and oxygen atoms in total. The number of pyridine rings is 1. The molecule has 7 heteroatoms. The average Bonchev–Trinajstić information content (AvgIpc) is 2.88. The lowest BCUT2D eigenvalue weighted by Crippen LogP contribution is -2.24. The highest BCUT2D eigenvalue weighted by Gasteiger charge is 2.34. The Bertz CT molecular complexity index is 776. The number of anilines is 1. The van der Waals surface area contributed by atoms with Gasteiger partial charge in [-0.25, -0.2) is 13.4 Å². The maximum atomic E-state index is 12.5. The van der Waals surface area contributed by atoms with Crippen LogP contribution in [0.15, 0.2) is 41.4 Å². The van der Waals surface area contributed by atoms with Crippen LogP contribution in [0.25, 0.3) is 0 Å². The maximum absolute atomic E-state index is 12.5. The number of hydrogen-bond acceptors (Lipinski definition) is 4. The first-order valence-electron chi connectivity index (χ1n) is 6.34. The van der Waals surface area contributed by atoms with Gasteiger partial charge >= 0.3 is 0 Å². The minimum Gasteiger partial charge on any atom is -0.283 e. The van der Waals surface area contributed by atoms with E-state index in [-0.39, 0.29) is 0 Å². The Morgan fingerprint density at radius 1 is 1.29 bits per heavy atom.